The van der Waals surface area contributed by atoms with Crippen LogP contribution in [0.15, 0.2) is 35.5 Å². The second-order valence-corrected chi connectivity index (χ2v) is 6.13. The number of aryl methyl sites for hydroxylation is 1. The summed E-state index contributed by atoms with van der Waals surface area (Å²) in [4.78, 5) is 33.7. The summed E-state index contributed by atoms with van der Waals surface area (Å²) in [6.45, 7) is 1.68. The molecule has 1 aromatic carbocycles. The highest BCUT2D eigenvalue weighted by molar-refractivity contribution is 7.17. The van der Waals surface area contributed by atoms with Gasteiger partial charge in [0.2, 0.25) is 0 Å². The van der Waals surface area contributed by atoms with Crippen molar-refractivity contribution in [1.29, 1.82) is 0 Å². The lowest BCUT2D eigenvalue weighted by Crippen LogP contribution is -2.21. The molecule has 1 aromatic heterocycles. The molecule has 8 heteroatoms. The van der Waals surface area contributed by atoms with Gasteiger partial charge in [0.05, 0.1) is 12.8 Å². The molecule has 124 valence electrons. The highest BCUT2D eigenvalue weighted by Crippen LogP contribution is 2.28. The van der Waals surface area contributed by atoms with Crippen LogP contribution in [0.4, 0.5) is 5.13 Å². The molecule has 1 aliphatic heterocycles. The number of thiazole rings is 1. The highest BCUT2D eigenvalue weighted by Gasteiger charge is 2.28. The molecule has 1 amide bonds. The maximum absolute atomic E-state index is 12.3. The molecule has 0 saturated heterocycles. The zero-order valence-electron chi connectivity index (χ0n) is 13.1. The number of rotatable bonds is 4. The molecule has 0 aliphatic carbocycles. The van der Waals surface area contributed by atoms with Crippen LogP contribution in [0.25, 0.3) is 0 Å². The molecule has 0 saturated carbocycles. The van der Waals surface area contributed by atoms with E-state index in [-0.39, 0.29) is 11.8 Å². The first-order valence-corrected chi connectivity index (χ1v) is 8.05. The van der Waals surface area contributed by atoms with Gasteiger partial charge >= 0.3 is 5.97 Å². The van der Waals surface area contributed by atoms with Crippen molar-refractivity contribution in [2.24, 2.45) is 5.16 Å². The average molecular weight is 345 g/mol. The predicted octanol–water partition coefficient (Wildman–Crippen LogP) is 2.69. The van der Waals surface area contributed by atoms with Gasteiger partial charge in [-0.25, -0.2) is 9.78 Å². The SMILES string of the molecule is COC(=O)c1sc(NC(=O)C2=NOC(c3ccccc3)C2)nc1C. The number of hydrogen-bond acceptors (Lipinski definition) is 7. The third kappa shape index (κ3) is 3.28. The second-order valence-electron chi connectivity index (χ2n) is 5.13. The maximum Gasteiger partial charge on any atom is 0.350 e. The molecule has 0 spiro atoms. The van der Waals surface area contributed by atoms with Gasteiger partial charge in [-0.2, -0.15) is 0 Å². The van der Waals surface area contributed by atoms with Crippen molar-refractivity contribution in [3.8, 4) is 0 Å². The van der Waals surface area contributed by atoms with E-state index in [2.05, 4.69) is 20.2 Å². The van der Waals surface area contributed by atoms with Crippen LogP contribution in [0, 0.1) is 6.92 Å². The first-order chi connectivity index (χ1) is 11.6. The Morgan fingerprint density at radius 2 is 2.08 bits per heavy atom. The maximum atomic E-state index is 12.3. The van der Waals surface area contributed by atoms with Gasteiger partial charge < -0.3 is 9.57 Å². The van der Waals surface area contributed by atoms with Crippen LogP contribution in [-0.2, 0) is 14.4 Å². The summed E-state index contributed by atoms with van der Waals surface area (Å²) in [6, 6.07) is 9.57. The minimum atomic E-state index is -0.476. The number of hydrogen-bond donors (Lipinski definition) is 1. The van der Waals surface area contributed by atoms with Gasteiger partial charge in [0.1, 0.15) is 10.6 Å². The van der Waals surface area contributed by atoms with E-state index >= 15 is 0 Å². The van der Waals surface area contributed by atoms with Gasteiger partial charge in [0, 0.05) is 6.42 Å². The minimum absolute atomic E-state index is 0.268. The lowest BCUT2D eigenvalue weighted by atomic mass is 10.0. The first kappa shape index (κ1) is 16.1. The van der Waals surface area contributed by atoms with Gasteiger partial charge in [-0.05, 0) is 12.5 Å². The summed E-state index contributed by atoms with van der Waals surface area (Å²) in [7, 11) is 1.30. The third-order valence-corrected chi connectivity index (χ3v) is 4.54. The Morgan fingerprint density at radius 1 is 1.33 bits per heavy atom. The third-order valence-electron chi connectivity index (χ3n) is 3.49. The molecule has 1 atom stereocenters. The number of esters is 1. The average Bonchev–Trinajstić information content (AvgIpc) is 3.22. The summed E-state index contributed by atoms with van der Waals surface area (Å²) in [5, 5.41) is 6.83. The molecule has 3 rings (SSSR count). The molecular weight excluding hydrogens is 330 g/mol. The molecule has 2 aromatic rings. The molecular formula is C16H15N3O4S. The fourth-order valence-corrected chi connectivity index (χ4v) is 3.14. The first-order valence-electron chi connectivity index (χ1n) is 7.23. The van der Waals surface area contributed by atoms with E-state index in [1.165, 1.54) is 7.11 Å². The number of carbonyl (C=O) groups is 2. The van der Waals surface area contributed by atoms with Gasteiger partial charge in [-0.15, -0.1) is 0 Å². The molecule has 0 radical (unpaired) electrons. The largest absolute Gasteiger partial charge is 0.465 e. The molecule has 1 aliphatic rings. The number of benzene rings is 1. The molecule has 1 unspecified atom stereocenters. The molecule has 0 fully saturated rings. The Hall–Kier alpha value is -2.74. The summed E-state index contributed by atoms with van der Waals surface area (Å²) < 4.78 is 4.67. The van der Waals surface area contributed by atoms with Crippen molar-refractivity contribution in [3.05, 3.63) is 46.5 Å². The monoisotopic (exact) mass is 345 g/mol. The van der Waals surface area contributed by atoms with Crippen molar-refractivity contribution >= 4 is 34.1 Å². The van der Waals surface area contributed by atoms with Crippen molar-refractivity contribution in [3.63, 3.8) is 0 Å². The minimum Gasteiger partial charge on any atom is -0.465 e. The van der Waals surface area contributed by atoms with Crippen LogP contribution in [-0.4, -0.2) is 29.7 Å². The van der Waals surface area contributed by atoms with E-state index in [4.69, 9.17) is 4.84 Å². The lowest BCUT2D eigenvalue weighted by Gasteiger charge is -2.07. The number of carbonyl (C=O) groups excluding carboxylic acids is 2. The topological polar surface area (TPSA) is 89.9 Å². The molecule has 0 bridgehead atoms. The number of ether oxygens (including phenoxy) is 1. The van der Waals surface area contributed by atoms with Gasteiger partial charge in [-0.3, -0.25) is 10.1 Å². The van der Waals surface area contributed by atoms with Crippen LogP contribution in [0.5, 0.6) is 0 Å². The van der Waals surface area contributed by atoms with E-state index in [0.29, 0.717) is 22.1 Å². The molecule has 24 heavy (non-hydrogen) atoms. The number of oxime groups is 1. The summed E-state index contributed by atoms with van der Waals surface area (Å²) in [6.07, 6.45) is 0.111. The molecule has 7 nitrogen and oxygen atoms in total. The fraction of sp³-hybridized carbons (Fsp3) is 0.250. The number of nitrogens with zero attached hydrogens (tertiary/aromatic N) is 2. The molecule has 1 N–H and O–H groups in total. The van der Waals surface area contributed by atoms with E-state index in [1.54, 1.807) is 6.92 Å². The Bertz CT molecular complexity index is 801. The molecule has 2 heterocycles. The Morgan fingerprint density at radius 3 is 2.79 bits per heavy atom. The van der Waals surface area contributed by atoms with Crippen LogP contribution in [0.1, 0.15) is 33.5 Å². The van der Waals surface area contributed by atoms with Gasteiger partial charge in [-0.1, -0.05) is 46.8 Å². The van der Waals surface area contributed by atoms with E-state index in [0.717, 1.165) is 16.9 Å². The van der Waals surface area contributed by atoms with Crippen LogP contribution >= 0.6 is 11.3 Å². The number of methoxy groups -OCH3 is 1. The normalized spacial score (nSPS) is 16.2. The smallest absolute Gasteiger partial charge is 0.350 e. The van der Waals surface area contributed by atoms with Crippen LogP contribution in [0.2, 0.25) is 0 Å². The van der Waals surface area contributed by atoms with Gasteiger partial charge in [0.15, 0.2) is 11.2 Å². The van der Waals surface area contributed by atoms with Crippen LogP contribution < -0.4 is 5.32 Å². The van der Waals surface area contributed by atoms with Crippen molar-refractivity contribution < 1.29 is 19.2 Å². The van der Waals surface area contributed by atoms with E-state index < -0.39 is 11.9 Å². The Kier molecular flexibility index (Phi) is 4.57. The zero-order chi connectivity index (χ0) is 17.1. The zero-order valence-corrected chi connectivity index (χ0v) is 13.9. The predicted molar refractivity (Wildman–Crippen MR) is 89.1 cm³/mol. The van der Waals surface area contributed by atoms with Crippen molar-refractivity contribution in [1.82, 2.24) is 4.98 Å². The Balaban J connectivity index is 1.65. The fourth-order valence-electron chi connectivity index (χ4n) is 2.26. The quantitative estimate of drug-likeness (QED) is 0.861. The van der Waals surface area contributed by atoms with E-state index in [1.807, 2.05) is 30.3 Å². The van der Waals surface area contributed by atoms with Crippen LogP contribution in [0.3, 0.4) is 0 Å². The number of nitrogens with one attached hydrogen (secondary N) is 1. The Labute approximate surface area is 142 Å². The van der Waals surface area contributed by atoms with Crippen molar-refractivity contribution in [2.45, 2.75) is 19.4 Å². The summed E-state index contributed by atoms with van der Waals surface area (Å²) in [5.41, 5.74) is 1.76. The lowest BCUT2D eigenvalue weighted by molar-refractivity contribution is -0.110. The number of amides is 1. The van der Waals surface area contributed by atoms with Gasteiger partial charge in [0.25, 0.3) is 5.91 Å². The van der Waals surface area contributed by atoms with Crippen molar-refractivity contribution in [2.75, 3.05) is 12.4 Å². The summed E-state index contributed by atoms with van der Waals surface area (Å²) in [5.74, 6) is -0.866. The standard InChI is InChI=1S/C16H15N3O4S/c1-9-13(15(21)22-2)24-16(17-9)18-14(20)11-8-12(23-19-11)10-6-4-3-5-7-10/h3-7,12H,8H2,1-2H3,(H,17,18,20). The second kappa shape index (κ2) is 6.79. The number of anilines is 1. The number of aromatic nitrogens is 1. The highest BCUT2D eigenvalue weighted by atomic mass is 32.1. The summed E-state index contributed by atoms with van der Waals surface area (Å²) >= 11 is 1.06. The van der Waals surface area contributed by atoms with E-state index in [9.17, 15) is 9.59 Å².